The molecular weight excluding hydrogens is 352 g/mol. The summed E-state index contributed by atoms with van der Waals surface area (Å²) in [6.07, 6.45) is 6.20. The fourth-order valence-corrected chi connectivity index (χ4v) is 4.05. The number of nitriles is 1. The third-order valence-corrected chi connectivity index (χ3v) is 5.61. The van der Waals surface area contributed by atoms with Gasteiger partial charge in [0.25, 0.3) is 0 Å². The van der Waals surface area contributed by atoms with Gasteiger partial charge in [-0.1, -0.05) is 11.8 Å². The van der Waals surface area contributed by atoms with Crippen molar-refractivity contribution in [3.63, 3.8) is 0 Å². The summed E-state index contributed by atoms with van der Waals surface area (Å²) >= 11 is 1.51. The van der Waals surface area contributed by atoms with Crippen LogP contribution in [0.15, 0.2) is 22.0 Å². The maximum Gasteiger partial charge on any atom is 0.234 e. The molecule has 0 unspecified atom stereocenters. The average molecular weight is 372 g/mol. The number of oxazole rings is 1. The van der Waals surface area contributed by atoms with Gasteiger partial charge in [0.1, 0.15) is 6.07 Å². The van der Waals surface area contributed by atoms with E-state index in [0.29, 0.717) is 55.4 Å². The van der Waals surface area contributed by atoms with Gasteiger partial charge in [0, 0.05) is 51.5 Å². The van der Waals surface area contributed by atoms with E-state index in [-0.39, 0.29) is 5.91 Å². The number of nitrogens with zero attached hydrogens (tertiary/aromatic N) is 6. The van der Waals surface area contributed by atoms with Crippen molar-refractivity contribution in [3.05, 3.63) is 24.0 Å². The Morgan fingerprint density at radius 1 is 1.38 bits per heavy atom. The second-order valence-electron chi connectivity index (χ2n) is 6.50. The SMILES string of the molecule is Cc1nc(C#N)c(N2CCN(C(=O)CSc3nccn3C3CC3)CC2)o1. The van der Waals surface area contributed by atoms with Crippen LogP contribution in [0.25, 0.3) is 0 Å². The van der Waals surface area contributed by atoms with Crippen molar-refractivity contribution in [3.8, 4) is 6.07 Å². The molecule has 9 heteroatoms. The smallest absolute Gasteiger partial charge is 0.234 e. The molecule has 26 heavy (non-hydrogen) atoms. The van der Waals surface area contributed by atoms with Crippen LogP contribution in [0.4, 0.5) is 5.88 Å². The quantitative estimate of drug-likeness (QED) is 0.739. The maximum absolute atomic E-state index is 12.5. The zero-order valence-electron chi connectivity index (χ0n) is 14.6. The molecule has 0 aromatic carbocycles. The molecule has 3 heterocycles. The molecule has 2 aliphatic rings. The second-order valence-corrected chi connectivity index (χ2v) is 7.45. The van der Waals surface area contributed by atoms with Crippen LogP contribution in [-0.4, -0.2) is 57.3 Å². The Balaban J connectivity index is 1.30. The van der Waals surface area contributed by atoms with E-state index in [2.05, 4.69) is 20.6 Å². The van der Waals surface area contributed by atoms with Gasteiger partial charge in [-0.15, -0.1) is 0 Å². The average Bonchev–Trinajstić information content (AvgIpc) is 3.27. The summed E-state index contributed by atoms with van der Waals surface area (Å²) < 4.78 is 7.72. The van der Waals surface area contributed by atoms with Crippen LogP contribution in [0, 0.1) is 18.3 Å². The van der Waals surface area contributed by atoms with Crippen molar-refractivity contribution in [1.82, 2.24) is 19.4 Å². The van der Waals surface area contributed by atoms with E-state index in [9.17, 15) is 4.79 Å². The van der Waals surface area contributed by atoms with Crippen molar-refractivity contribution in [2.24, 2.45) is 0 Å². The Morgan fingerprint density at radius 3 is 2.85 bits per heavy atom. The molecule has 1 amide bonds. The van der Waals surface area contributed by atoms with Crippen molar-refractivity contribution < 1.29 is 9.21 Å². The van der Waals surface area contributed by atoms with E-state index >= 15 is 0 Å². The molecule has 0 atom stereocenters. The molecule has 1 saturated heterocycles. The number of anilines is 1. The molecule has 8 nitrogen and oxygen atoms in total. The molecule has 136 valence electrons. The van der Waals surface area contributed by atoms with Crippen LogP contribution in [0.5, 0.6) is 0 Å². The van der Waals surface area contributed by atoms with Gasteiger partial charge in [0.05, 0.1) is 5.75 Å². The van der Waals surface area contributed by atoms with Gasteiger partial charge in [0.15, 0.2) is 11.0 Å². The molecule has 2 aromatic heterocycles. The van der Waals surface area contributed by atoms with E-state index in [4.69, 9.17) is 9.68 Å². The van der Waals surface area contributed by atoms with Crippen LogP contribution in [0.2, 0.25) is 0 Å². The third kappa shape index (κ3) is 3.42. The first-order valence-corrected chi connectivity index (χ1v) is 9.70. The number of aryl methyl sites for hydroxylation is 1. The van der Waals surface area contributed by atoms with Crippen LogP contribution in [-0.2, 0) is 4.79 Å². The summed E-state index contributed by atoms with van der Waals surface area (Å²) in [6.45, 7) is 4.22. The number of hydrogen-bond donors (Lipinski definition) is 0. The molecule has 1 saturated carbocycles. The highest BCUT2D eigenvalue weighted by atomic mass is 32.2. The summed E-state index contributed by atoms with van der Waals surface area (Å²) in [5.41, 5.74) is 0.310. The van der Waals surface area contributed by atoms with E-state index in [1.807, 2.05) is 16.0 Å². The van der Waals surface area contributed by atoms with Crippen LogP contribution >= 0.6 is 11.8 Å². The highest BCUT2D eigenvalue weighted by Gasteiger charge is 2.28. The van der Waals surface area contributed by atoms with Crippen LogP contribution in [0.1, 0.15) is 30.5 Å². The molecule has 0 N–H and O–H groups in total. The number of piperazine rings is 1. The minimum Gasteiger partial charge on any atom is -0.424 e. The summed E-state index contributed by atoms with van der Waals surface area (Å²) in [5.74, 6) is 1.51. The van der Waals surface area contributed by atoms with Crippen LogP contribution < -0.4 is 4.90 Å². The van der Waals surface area contributed by atoms with Gasteiger partial charge in [0.2, 0.25) is 17.5 Å². The highest BCUT2D eigenvalue weighted by molar-refractivity contribution is 7.99. The van der Waals surface area contributed by atoms with Crippen molar-refractivity contribution in [2.45, 2.75) is 31.0 Å². The molecule has 2 aromatic rings. The number of rotatable bonds is 5. The molecule has 1 aliphatic heterocycles. The zero-order chi connectivity index (χ0) is 18.1. The Kier molecular flexibility index (Phi) is 4.59. The zero-order valence-corrected chi connectivity index (χ0v) is 15.4. The van der Waals surface area contributed by atoms with E-state index in [1.54, 1.807) is 13.1 Å². The molecular formula is C17H20N6O2S. The normalized spacial score (nSPS) is 17.4. The molecule has 0 radical (unpaired) electrons. The van der Waals surface area contributed by atoms with Gasteiger partial charge < -0.3 is 18.8 Å². The number of carbonyl (C=O) groups excluding carboxylic acids is 1. The molecule has 2 fully saturated rings. The lowest BCUT2D eigenvalue weighted by Gasteiger charge is -2.34. The summed E-state index contributed by atoms with van der Waals surface area (Å²) in [6, 6.07) is 2.63. The molecule has 1 aliphatic carbocycles. The van der Waals surface area contributed by atoms with E-state index in [1.165, 1.54) is 24.6 Å². The molecule has 0 spiro atoms. The minimum absolute atomic E-state index is 0.120. The first-order valence-electron chi connectivity index (χ1n) is 8.71. The fraction of sp³-hybridized carbons (Fsp3) is 0.529. The number of hydrogen-bond acceptors (Lipinski definition) is 7. The number of aromatic nitrogens is 3. The van der Waals surface area contributed by atoms with Crippen molar-refractivity contribution in [2.75, 3.05) is 36.8 Å². The number of thioether (sulfide) groups is 1. The predicted octanol–water partition coefficient (Wildman–Crippen LogP) is 1.83. The second kappa shape index (κ2) is 7.03. The Hall–Kier alpha value is -2.47. The molecule has 0 bridgehead atoms. The summed E-state index contributed by atoms with van der Waals surface area (Å²) in [4.78, 5) is 24.8. The van der Waals surface area contributed by atoms with Gasteiger partial charge in [-0.25, -0.2) is 9.97 Å². The van der Waals surface area contributed by atoms with E-state index in [0.717, 1.165) is 5.16 Å². The molecule has 4 rings (SSSR count). The van der Waals surface area contributed by atoms with E-state index < -0.39 is 0 Å². The summed E-state index contributed by atoms with van der Waals surface area (Å²) in [7, 11) is 0. The third-order valence-electron chi connectivity index (χ3n) is 4.64. The maximum atomic E-state index is 12.5. The van der Waals surface area contributed by atoms with Crippen molar-refractivity contribution in [1.29, 1.82) is 5.26 Å². The Morgan fingerprint density at radius 2 is 2.15 bits per heavy atom. The van der Waals surface area contributed by atoms with Gasteiger partial charge >= 0.3 is 0 Å². The lowest BCUT2D eigenvalue weighted by molar-refractivity contribution is -0.128. The summed E-state index contributed by atoms with van der Waals surface area (Å²) in [5, 5.41) is 10.1. The van der Waals surface area contributed by atoms with Crippen LogP contribution in [0.3, 0.4) is 0 Å². The Labute approximate surface area is 155 Å². The lowest BCUT2D eigenvalue weighted by Crippen LogP contribution is -2.49. The van der Waals surface area contributed by atoms with Gasteiger partial charge in [-0.05, 0) is 12.8 Å². The monoisotopic (exact) mass is 372 g/mol. The standard InChI is InChI=1S/C17H20N6O2S/c1-12-20-14(10-18)16(25-12)22-8-6-21(7-9-22)15(24)11-26-17-19-4-5-23(17)13-2-3-13/h4-5,13H,2-3,6-9,11H2,1H3. The lowest BCUT2D eigenvalue weighted by atomic mass is 10.3. The van der Waals surface area contributed by atoms with Gasteiger partial charge in [-0.3, -0.25) is 4.79 Å². The minimum atomic E-state index is 0.120. The van der Waals surface area contributed by atoms with Gasteiger partial charge in [-0.2, -0.15) is 5.26 Å². The topological polar surface area (TPSA) is 91.2 Å². The van der Waals surface area contributed by atoms with Crippen molar-refractivity contribution >= 4 is 23.6 Å². The predicted molar refractivity (Wildman–Crippen MR) is 96.0 cm³/mol. The Bertz CT molecular complexity index is 842. The number of imidazole rings is 1. The largest absolute Gasteiger partial charge is 0.424 e. The fourth-order valence-electron chi connectivity index (χ4n) is 3.12. The highest BCUT2D eigenvalue weighted by Crippen LogP contribution is 2.37. The first kappa shape index (κ1) is 17.0. The number of carbonyl (C=O) groups is 1. The number of amides is 1. The first-order chi connectivity index (χ1) is 12.7.